The zero-order chi connectivity index (χ0) is 24.6. The maximum Gasteiger partial charge on any atom is 0.330 e. The molecule has 1 aromatic heterocycles. The van der Waals surface area contributed by atoms with Gasteiger partial charge < -0.3 is 20.1 Å². The molecule has 0 bridgehead atoms. The number of ether oxygens (including phenoxy) is 1. The number of fused-ring (bicyclic) bond motifs is 1. The van der Waals surface area contributed by atoms with Crippen molar-refractivity contribution < 1.29 is 19.0 Å². The summed E-state index contributed by atoms with van der Waals surface area (Å²) >= 11 is 6.33. The third-order valence-corrected chi connectivity index (χ3v) is 6.94. The third-order valence-electron chi connectivity index (χ3n) is 6.58. The topological polar surface area (TPSA) is 94.1 Å². The number of halogens is 2. The summed E-state index contributed by atoms with van der Waals surface area (Å²) in [7, 11) is 5.57. The quantitative estimate of drug-likeness (QED) is 0.623. The van der Waals surface area contributed by atoms with Crippen molar-refractivity contribution in [2.45, 2.75) is 51.2 Å². The van der Waals surface area contributed by atoms with Crippen molar-refractivity contribution in [3.63, 3.8) is 0 Å². The normalized spacial score (nSPS) is 20.5. The minimum absolute atomic E-state index is 0.00212. The number of hydrogen-bond acceptors (Lipinski definition) is 7. The van der Waals surface area contributed by atoms with Crippen LogP contribution in [0.4, 0.5) is 26.6 Å². The average molecular weight is 493 g/mol. The summed E-state index contributed by atoms with van der Waals surface area (Å²) < 4.78 is 20.0. The number of benzene rings is 1. The van der Waals surface area contributed by atoms with Gasteiger partial charge in [0.25, 0.3) is 0 Å². The molecule has 2 N–H and O–H groups in total. The van der Waals surface area contributed by atoms with Crippen molar-refractivity contribution in [1.82, 2.24) is 14.9 Å². The van der Waals surface area contributed by atoms with Gasteiger partial charge in [-0.1, -0.05) is 11.6 Å². The predicted octanol–water partition coefficient (Wildman–Crippen LogP) is 4.23. The number of phenolic OH excluding ortho intramolecular Hbond substituents is 1. The molecule has 0 unspecified atom stereocenters. The number of hydrogen-bond donors (Lipinski definition) is 2. The van der Waals surface area contributed by atoms with Gasteiger partial charge in [0.15, 0.2) is 11.6 Å². The van der Waals surface area contributed by atoms with Gasteiger partial charge in [-0.2, -0.15) is 4.98 Å². The van der Waals surface area contributed by atoms with Crippen LogP contribution in [-0.4, -0.2) is 65.8 Å². The lowest BCUT2D eigenvalue weighted by atomic mass is 9.91. The molecule has 2 heterocycles. The predicted molar refractivity (Wildman–Crippen MR) is 130 cm³/mol. The number of methoxy groups -OCH3 is 1. The number of aromatic nitrogens is 2. The van der Waals surface area contributed by atoms with Gasteiger partial charge in [-0.25, -0.2) is 14.2 Å². The molecule has 2 aromatic rings. The highest BCUT2D eigenvalue weighted by molar-refractivity contribution is 6.35. The van der Waals surface area contributed by atoms with Crippen LogP contribution in [0, 0.1) is 5.82 Å². The van der Waals surface area contributed by atoms with Gasteiger partial charge in [0, 0.05) is 36.5 Å². The molecular weight excluding hydrogens is 463 g/mol. The van der Waals surface area contributed by atoms with Gasteiger partial charge in [0.05, 0.1) is 13.7 Å². The summed E-state index contributed by atoms with van der Waals surface area (Å²) in [5.74, 6) is -0.636. The Kier molecular flexibility index (Phi) is 6.99. The molecule has 2 amide bonds. The van der Waals surface area contributed by atoms with E-state index >= 15 is 0 Å². The van der Waals surface area contributed by atoms with Crippen LogP contribution in [0.5, 0.6) is 11.5 Å². The number of aromatic hydroxyl groups is 1. The SMILES string of the molecule is CCN1C(=O)N(c2c(F)c(O)cc(OC)c2Cl)Cc2cnc(NC3CCC(N(C)C)CC3)nc21. The average Bonchev–Trinajstić information content (AvgIpc) is 2.82. The van der Waals surface area contributed by atoms with E-state index in [0.29, 0.717) is 29.9 Å². The molecule has 1 fully saturated rings. The number of rotatable bonds is 6. The monoisotopic (exact) mass is 492 g/mol. The van der Waals surface area contributed by atoms with Gasteiger partial charge in [-0.05, 0) is 46.7 Å². The molecule has 0 saturated heterocycles. The van der Waals surface area contributed by atoms with E-state index < -0.39 is 17.6 Å². The van der Waals surface area contributed by atoms with Crippen LogP contribution in [0.2, 0.25) is 5.02 Å². The first kappa shape index (κ1) is 24.3. The Balaban J connectivity index is 1.61. The van der Waals surface area contributed by atoms with Crippen molar-refractivity contribution in [1.29, 1.82) is 0 Å². The fraction of sp³-hybridized carbons (Fsp3) is 0.522. The van der Waals surface area contributed by atoms with Crippen molar-refractivity contribution in [2.75, 3.05) is 42.9 Å². The van der Waals surface area contributed by atoms with E-state index in [4.69, 9.17) is 16.3 Å². The van der Waals surface area contributed by atoms with Crippen molar-refractivity contribution in [2.24, 2.45) is 0 Å². The second-order valence-corrected chi connectivity index (χ2v) is 9.22. The Hall–Kier alpha value is -2.85. The second kappa shape index (κ2) is 9.79. The first-order chi connectivity index (χ1) is 16.2. The number of carbonyl (C=O) groups excluding carboxylic acids is 1. The standard InChI is InChI=1S/C23H30ClFN6O3/c1-5-30-21-13(11-26-22(28-21)27-14-6-8-15(9-7-14)29(2)3)12-31(23(30)33)20-18(24)17(34-4)10-16(32)19(20)25/h10-11,14-15,32H,5-9,12H2,1-4H3,(H,26,27,28). The molecule has 1 aliphatic carbocycles. The van der Waals surface area contributed by atoms with E-state index in [9.17, 15) is 14.3 Å². The zero-order valence-electron chi connectivity index (χ0n) is 19.8. The second-order valence-electron chi connectivity index (χ2n) is 8.84. The van der Waals surface area contributed by atoms with Crippen LogP contribution in [0.25, 0.3) is 0 Å². The summed E-state index contributed by atoms with van der Waals surface area (Å²) in [6.07, 6.45) is 5.88. The van der Waals surface area contributed by atoms with E-state index in [1.54, 1.807) is 6.20 Å². The molecule has 1 aromatic carbocycles. The number of nitrogens with one attached hydrogen (secondary N) is 1. The maximum atomic E-state index is 14.9. The van der Waals surface area contributed by atoms with E-state index in [0.717, 1.165) is 31.7 Å². The zero-order valence-corrected chi connectivity index (χ0v) is 20.6. The lowest BCUT2D eigenvalue weighted by Gasteiger charge is -2.36. The van der Waals surface area contributed by atoms with Gasteiger partial charge in [0.1, 0.15) is 22.3 Å². The molecule has 0 atom stereocenters. The van der Waals surface area contributed by atoms with Crippen LogP contribution in [0.15, 0.2) is 12.3 Å². The molecular formula is C23H30ClFN6O3. The lowest BCUT2D eigenvalue weighted by Crippen LogP contribution is -2.48. The largest absolute Gasteiger partial charge is 0.505 e. The fourth-order valence-electron chi connectivity index (χ4n) is 4.64. The highest BCUT2D eigenvalue weighted by Gasteiger charge is 2.36. The minimum Gasteiger partial charge on any atom is -0.505 e. The number of nitrogens with zero attached hydrogens (tertiary/aromatic N) is 5. The lowest BCUT2D eigenvalue weighted by molar-refractivity contribution is 0.221. The molecule has 0 radical (unpaired) electrons. The number of urea groups is 1. The van der Waals surface area contributed by atoms with Crippen LogP contribution in [0.3, 0.4) is 0 Å². The summed E-state index contributed by atoms with van der Waals surface area (Å²) in [5, 5.41) is 13.3. The first-order valence-electron chi connectivity index (χ1n) is 11.4. The maximum absolute atomic E-state index is 14.9. The van der Waals surface area contributed by atoms with Crippen LogP contribution < -0.4 is 19.9 Å². The highest BCUT2D eigenvalue weighted by atomic mass is 35.5. The molecule has 2 aliphatic rings. The van der Waals surface area contributed by atoms with Crippen LogP contribution in [-0.2, 0) is 6.54 Å². The van der Waals surface area contributed by atoms with Gasteiger partial charge in [0.2, 0.25) is 5.95 Å². The Morgan fingerprint density at radius 2 is 2.03 bits per heavy atom. The molecule has 1 saturated carbocycles. The number of anilines is 3. The number of carbonyl (C=O) groups is 1. The Morgan fingerprint density at radius 3 is 2.65 bits per heavy atom. The minimum atomic E-state index is -0.994. The van der Waals surface area contributed by atoms with E-state index in [1.807, 2.05) is 6.92 Å². The summed E-state index contributed by atoms with van der Waals surface area (Å²) in [5.41, 5.74) is 0.397. The van der Waals surface area contributed by atoms with Crippen LogP contribution in [0.1, 0.15) is 38.2 Å². The third kappa shape index (κ3) is 4.44. The molecule has 34 heavy (non-hydrogen) atoms. The van der Waals surface area contributed by atoms with Gasteiger partial charge in [-0.15, -0.1) is 0 Å². The summed E-state index contributed by atoms with van der Waals surface area (Å²) in [6, 6.07) is 1.44. The highest BCUT2D eigenvalue weighted by Crippen LogP contribution is 2.44. The molecule has 11 heteroatoms. The number of amides is 2. The Bertz CT molecular complexity index is 1080. The first-order valence-corrected chi connectivity index (χ1v) is 11.8. The molecule has 1 aliphatic heterocycles. The van der Waals surface area contributed by atoms with Crippen molar-refractivity contribution in [3.8, 4) is 11.5 Å². The molecule has 4 rings (SSSR count). The van der Waals surface area contributed by atoms with Crippen molar-refractivity contribution >= 4 is 35.1 Å². The molecule has 9 nitrogen and oxygen atoms in total. The van der Waals surface area contributed by atoms with E-state index in [2.05, 4.69) is 34.3 Å². The van der Waals surface area contributed by atoms with Crippen molar-refractivity contribution in [3.05, 3.63) is 28.7 Å². The van der Waals surface area contributed by atoms with Gasteiger partial charge >= 0.3 is 6.03 Å². The Labute approximate surface area is 203 Å². The van der Waals surface area contributed by atoms with E-state index in [-0.39, 0.29) is 29.0 Å². The van der Waals surface area contributed by atoms with Crippen LogP contribution >= 0.6 is 11.6 Å². The number of phenols is 1. The van der Waals surface area contributed by atoms with E-state index in [1.165, 1.54) is 16.9 Å². The molecule has 184 valence electrons. The van der Waals surface area contributed by atoms with Gasteiger partial charge in [-0.3, -0.25) is 9.80 Å². The Morgan fingerprint density at radius 1 is 1.32 bits per heavy atom. The smallest absolute Gasteiger partial charge is 0.330 e. The summed E-state index contributed by atoms with van der Waals surface area (Å²) in [6.45, 7) is 2.12. The fourth-order valence-corrected chi connectivity index (χ4v) is 4.95. The molecule has 0 spiro atoms. The summed E-state index contributed by atoms with van der Waals surface area (Å²) in [4.78, 5) is 27.3.